The molecular formula is C13H16N2O2. The van der Waals surface area contributed by atoms with Crippen molar-refractivity contribution in [3.8, 4) is 0 Å². The van der Waals surface area contributed by atoms with Gasteiger partial charge >= 0.3 is 5.97 Å². The van der Waals surface area contributed by atoms with Crippen LogP contribution in [0.5, 0.6) is 0 Å². The van der Waals surface area contributed by atoms with Gasteiger partial charge in [-0.3, -0.25) is 4.98 Å². The van der Waals surface area contributed by atoms with Crippen LogP contribution in [-0.4, -0.2) is 22.1 Å². The minimum atomic E-state index is -0.891. The lowest BCUT2D eigenvalue weighted by Gasteiger charge is -2.24. The summed E-state index contributed by atoms with van der Waals surface area (Å²) in [6, 6.07) is 1.99. The summed E-state index contributed by atoms with van der Waals surface area (Å²) in [6.07, 6.45) is 8.26. The Bertz CT molecular complexity index is 447. The van der Waals surface area contributed by atoms with Gasteiger partial charge in [-0.25, -0.2) is 4.79 Å². The number of hydrogen-bond acceptors (Lipinski definition) is 3. The molecule has 3 atom stereocenters. The molecule has 2 fully saturated rings. The van der Waals surface area contributed by atoms with Crippen LogP contribution in [0.3, 0.4) is 0 Å². The van der Waals surface area contributed by atoms with E-state index in [1.165, 1.54) is 31.9 Å². The molecule has 0 spiro atoms. The van der Waals surface area contributed by atoms with Crippen molar-refractivity contribution < 1.29 is 9.90 Å². The van der Waals surface area contributed by atoms with Crippen molar-refractivity contribution in [2.75, 3.05) is 5.32 Å². The molecular weight excluding hydrogens is 216 g/mol. The molecule has 2 N–H and O–H groups in total. The average molecular weight is 232 g/mol. The van der Waals surface area contributed by atoms with Gasteiger partial charge in [0, 0.05) is 12.2 Å². The molecule has 1 aromatic rings. The van der Waals surface area contributed by atoms with Gasteiger partial charge in [-0.2, -0.15) is 0 Å². The second kappa shape index (κ2) is 4.02. The van der Waals surface area contributed by atoms with Crippen LogP contribution in [0.15, 0.2) is 18.5 Å². The van der Waals surface area contributed by atoms with Crippen LogP contribution < -0.4 is 5.32 Å². The molecule has 0 aromatic carbocycles. The number of hydrogen-bond donors (Lipinski definition) is 2. The second-order valence-electron chi connectivity index (χ2n) is 5.15. The molecule has 1 aromatic heterocycles. The SMILES string of the molecule is O=C(O)c1ccncc1NC1CC2CCC1C2. The number of anilines is 1. The number of carboxylic acids is 1. The molecule has 2 bridgehead atoms. The lowest BCUT2D eigenvalue weighted by molar-refractivity contribution is 0.0697. The van der Waals surface area contributed by atoms with E-state index in [0.717, 1.165) is 11.8 Å². The van der Waals surface area contributed by atoms with Crippen molar-refractivity contribution in [3.63, 3.8) is 0 Å². The number of fused-ring (bicyclic) bond motifs is 2. The van der Waals surface area contributed by atoms with E-state index in [1.54, 1.807) is 12.3 Å². The van der Waals surface area contributed by atoms with E-state index >= 15 is 0 Å². The first-order valence-electron chi connectivity index (χ1n) is 6.18. The normalized spacial score (nSPS) is 30.5. The summed E-state index contributed by atoms with van der Waals surface area (Å²) in [5.74, 6) is 0.683. The Balaban J connectivity index is 1.79. The third-order valence-electron chi connectivity index (χ3n) is 4.13. The molecule has 17 heavy (non-hydrogen) atoms. The van der Waals surface area contributed by atoms with E-state index in [4.69, 9.17) is 5.11 Å². The zero-order valence-corrected chi connectivity index (χ0v) is 9.60. The lowest BCUT2D eigenvalue weighted by atomic mass is 9.95. The number of rotatable bonds is 3. The van der Waals surface area contributed by atoms with E-state index in [0.29, 0.717) is 17.3 Å². The largest absolute Gasteiger partial charge is 0.478 e. The van der Waals surface area contributed by atoms with Gasteiger partial charge < -0.3 is 10.4 Å². The molecule has 3 unspecified atom stereocenters. The predicted molar refractivity (Wildman–Crippen MR) is 64.1 cm³/mol. The molecule has 0 amide bonds. The van der Waals surface area contributed by atoms with E-state index in [2.05, 4.69) is 10.3 Å². The third-order valence-corrected chi connectivity index (χ3v) is 4.13. The van der Waals surface area contributed by atoms with E-state index in [-0.39, 0.29) is 0 Å². The number of nitrogens with zero attached hydrogens (tertiary/aromatic N) is 1. The van der Waals surface area contributed by atoms with Crippen molar-refractivity contribution in [2.24, 2.45) is 11.8 Å². The summed E-state index contributed by atoms with van der Waals surface area (Å²) >= 11 is 0. The number of pyridine rings is 1. The van der Waals surface area contributed by atoms with Gasteiger partial charge in [0.1, 0.15) is 0 Å². The number of carboxylic acid groups (broad SMARTS) is 1. The van der Waals surface area contributed by atoms with Gasteiger partial charge in [0.05, 0.1) is 17.4 Å². The molecule has 2 saturated carbocycles. The van der Waals surface area contributed by atoms with Crippen molar-refractivity contribution in [1.82, 2.24) is 4.98 Å². The maximum atomic E-state index is 11.1. The molecule has 4 heteroatoms. The average Bonchev–Trinajstić information content (AvgIpc) is 2.91. The zero-order chi connectivity index (χ0) is 11.8. The fourth-order valence-electron chi connectivity index (χ4n) is 3.32. The van der Waals surface area contributed by atoms with E-state index in [9.17, 15) is 4.79 Å². The number of carbonyl (C=O) groups is 1. The first-order valence-corrected chi connectivity index (χ1v) is 6.18. The quantitative estimate of drug-likeness (QED) is 0.840. The number of aromatic nitrogens is 1. The lowest BCUT2D eigenvalue weighted by Crippen LogP contribution is -2.26. The Morgan fingerprint density at radius 1 is 1.41 bits per heavy atom. The molecule has 1 heterocycles. The van der Waals surface area contributed by atoms with Crippen molar-refractivity contribution in [1.29, 1.82) is 0 Å². The van der Waals surface area contributed by atoms with Crippen molar-refractivity contribution >= 4 is 11.7 Å². The summed E-state index contributed by atoms with van der Waals surface area (Å²) < 4.78 is 0. The molecule has 0 saturated heterocycles. The highest BCUT2D eigenvalue weighted by Gasteiger charge is 2.39. The minimum absolute atomic E-state index is 0.322. The fraction of sp³-hybridized carbons (Fsp3) is 0.538. The zero-order valence-electron chi connectivity index (χ0n) is 9.60. The van der Waals surface area contributed by atoms with Crippen LogP contribution in [0.2, 0.25) is 0 Å². The van der Waals surface area contributed by atoms with Gasteiger partial charge in [-0.1, -0.05) is 6.42 Å². The van der Waals surface area contributed by atoms with E-state index < -0.39 is 5.97 Å². The second-order valence-corrected chi connectivity index (χ2v) is 5.15. The van der Waals surface area contributed by atoms with Gasteiger partial charge in [0.25, 0.3) is 0 Å². The highest BCUT2D eigenvalue weighted by molar-refractivity contribution is 5.93. The van der Waals surface area contributed by atoms with Crippen LogP contribution in [0.4, 0.5) is 5.69 Å². The summed E-state index contributed by atoms with van der Waals surface area (Å²) in [7, 11) is 0. The first-order chi connectivity index (χ1) is 8.24. The monoisotopic (exact) mass is 232 g/mol. The first kappa shape index (κ1) is 10.6. The smallest absolute Gasteiger partial charge is 0.337 e. The third kappa shape index (κ3) is 1.88. The maximum Gasteiger partial charge on any atom is 0.337 e. The molecule has 2 aliphatic rings. The fourth-order valence-corrected chi connectivity index (χ4v) is 3.32. The Morgan fingerprint density at radius 2 is 2.29 bits per heavy atom. The van der Waals surface area contributed by atoms with Crippen molar-refractivity contribution in [2.45, 2.75) is 31.7 Å². The molecule has 3 rings (SSSR count). The number of nitrogens with one attached hydrogen (secondary N) is 1. The van der Waals surface area contributed by atoms with Gasteiger partial charge in [0.15, 0.2) is 0 Å². The highest BCUT2D eigenvalue weighted by Crippen LogP contribution is 2.45. The van der Waals surface area contributed by atoms with Crippen LogP contribution in [0.1, 0.15) is 36.0 Å². The Hall–Kier alpha value is -1.58. The van der Waals surface area contributed by atoms with Gasteiger partial charge in [0.2, 0.25) is 0 Å². The Morgan fingerprint density at radius 3 is 2.94 bits per heavy atom. The summed E-state index contributed by atoms with van der Waals surface area (Å²) in [5, 5.41) is 12.5. The topological polar surface area (TPSA) is 62.2 Å². The van der Waals surface area contributed by atoms with Gasteiger partial charge in [-0.15, -0.1) is 0 Å². The number of aromatic carboxylic acids is 1. The Kier molecular flexibility index (Phi) is 2.50. The maximum absolute atomic E-state index is 11.1. The standard InChI is InChI=1S/C13H16N2O2/c16-13(17)10-3-4-14-7-12(10)15-11-6-8-1-2-9(11)5-8/h3-4,7-9,11,15H,1-2,5-6H2,(H,16,17). The minimum Gasteiger partial charge on any atom is -0.478 e. The van der Waals surface area contributed by atoms with E-state index in [1.807, 2.05) is 0 Å². The summed E-state index contributed by atoms with van der Waals surface area (Å²) in [4.78, 5) is 15.1. The van der Waals surface area contributed by atoms with Crippen LogP contribution in [0, 0.1) is 11.8 Å². The van der Waals surface area contributed by atoms with Crippen molar-refractivity contribution in [3.05, 3.63) is 24.0 Å². The molecule has 0 aliphatic heterocycles. The molecule has 90 valence electrons. The van der Waals surface area contributed by atoms with Crippen LogP contribution >= 0.6 is 0 Å². The molecule has 4 nitrogen and oxygen atoms in total. The highest BCUT2D eigenvalue weighted by atomic mass is 16.4. The molecule has 0 radical (unpaired) electrons. The van der Waals surface area contributed by atoms with Crippen LogP contribution in [-0.2, 0) is 0 Å². The predicted octanol–water partition coefficient (Wildman–Crippen LogP) is 2.38. The molecule has 2 aliphatic carbocycles. The van der Waals surface area contributed by atoms with Gasteiger partial charge in [-0.05, 0) is 37.2 Å². The summed E-state index contributed by atoms with van der Waals surface area (Å²) in [6.45, 7) is 0. The Labute approximate surface area is 100 Å². The van der Waals surface area contributed by atoms with Crippen LogP contribution in [0.25, 0.3) is 0 Å². The summed E-state index contributed by atoms with van der Waals surface area (Å²) in [5.41, 5.74) is 0.986.